The Hall–Kier alpha value is -1.06. The number of ether oxygens (including phenoxy) is 1. The van der Waals surface area contributed by atoms with Gasteiger partial charge in [-0.2, -0.15) is 0 Å². The average molecular weight is 296 g/mol. The van der Waals surface area contributed by atoms with Gasteiger partial charge in [0.15, 0.2) is 0 Å². The number of nitrogens with one attached hydrogen (secondary N) is 1. The van der Waals surface area contributed by atoms with Gasteiger partial charge in [0.05, 0.1) is 5.41 Å². The predicted molar refractivity (Wildman–Crippen MR) is 80.6 cm³/mol. The summed E-state index contributed by atoms with van der Waals surface area (Å²) in [5, 5.41) is 4.04. The Morgan fingerprint density at radius 1 is 1.40 bits per heavy atom. The lowest BCUT2D eigenvalue weighted by Gasteiger charge is -2.35. The first-order chi connectivity index (χ1) is 9.50. The molecule has 2 rings (SSSR count). The van der Waals surface area contributed by atoms with Crippen LogP contribution in [0.4, 0.5) is 0 Å². The van der Waals surface area contributed by atoms with Crippen molar-refractivity contribution in [2.45, 2.75) is 33.3 Å². The SMILES string of the molecule is CC(C)(C(=O)OCc1ccc(Cl)cc1)C1CCCNC1. The normalized spacial score (nSPS) is 19.6. The summed E-state index contributed by atoms with van der Waals surface area (Å²) in [6.45, 7) is 6.21. The minimum Gasteiger partial charge on any atom is -0.460 e. The van der Waals surface area contributed by atoms with E-state index in [0.717, 1.165) is 31.5 Å². The molecule has 0 aromatic heterocycles. The van der Waals surface area contributed by atoms with Gasteiger partial charge < -0.3 is 10.1 Å². The van der Waals surface area contributed by atoms with Crippen LogP contribution in [-0.4, -0.2) is 19.1 Å². The average Bonchev–Trinajstić information content (AvgIpc) is 2.47. The van der Waals surface area contributed by atoms with E-state index in [4.69, 9.17) is 16.3 Å². The maximum absolute atomic E-state index is 12.3. The van der Waals surface area contributed by atoms with Crippen molar-refractivity contribution in [3.63, 3.8) is 0 Å². The van der Waals surface area contributed by atoms with E-state index in [1.165, 1.54) is 0 Å². The van der Waals surface area contributed by atoms with Crippen molar-refractivity contribution >= 4 is 17.6 Å². The van der Waals surface area contributed by atoms with E-state index in [1.807, 2.05) is 26.0 Å². The van der Waals surface area contributed by atoms with Crippen molar-refractivity contribution in [3.05, 3.63) is 34.9 Å². The van der Waals surface area contributed by atoms with Crippen molar-refractivity contribution in [2.24, 2.45) is 11.3 Å². The number of piperidine rings is 1. The van der Waals surface area contributed by atoms with Gasteiger partial charge >= 0.3 is 5.97 Å². The quantitative estimate of drug-likeness (QED) is 0.865. The second-order valence-electron chi connectivity index (χ2n) is 5.97. The fourth-order valence-corrected chi connectivity index (χ4v) is 2.68. The van der Waals surface area contributed by atoms with Gasteiger partial charge in [-0.3, -0.25) is 4.79 Å². The third-order valence-corrected chi connectivity index (χ3v) is 4.38. The van der Waals surface area contributed by atoms with Crippen molar-refractivity contribution in [3.8, 4) is 0 Å². The maximum atomic E-state index is 12.3. The van der Waals surface area contributed by atoms with E-state index in [9.17, 15) is 4.79 Å². The number of rotatable bonds is 4. The van der Waals surface area contributed by atoms with E-state index >= 15 is 0 Å². The summed E-state index contributed by atoms with van der Waals surface area (Å²) in [5.41, 5.74) is 0.514. The lowest BCUT2D eigenvalue weighted by Crippen LogP contribution is -2.43. The third kappa shape index (κ3) is 3.74. The van der Waals surface area contributed by atoms with Gasteiger partial charge in [-0.05, 0) is 63.4 Å². The molecule has 0 bridgehead atoms. The molecule has 1 atom stereocenters. The molecular formula is C16H22ClNO2. The van der Waals surface area contributed by atoms with Gasteiger partial charge in [-0.15, -0.1) is 0 Å². The van der Waals surface area contributed by atoms with Gasteiger partial charge in [0.25, 0.3) is 0 Å². The van der Waals surface area contributed by atoms with Crippen LogP contribution >= 0.6 is 11.6 Å². The molecule has 1 aromatic rings. The van der Waals surface area contributed by atoms with Crippen LogP contribution in [0.1, 0.15) is 32.3 Å². The molecule has 1 N–H and O–H groups in total. The van der Waals surface area contributed by atoms with Crippen LogP contribution in [0.25, 0.3) is 0 Å². The summed E-state index contributed by atoms with van der Waals surface area (Å²) in [6, 6.07) is 7.37. The van der Waals surface area contributed by atoms with Gasteiger partial charge in [-0.1, -0.05) is 23.7 Å². The zero-order chi connectivity index (χ0) is 14.6. The monoisotopic (exact) mass is 295 g/mol. The molecule has 1 aliphatic rings. The summed E-state index contributed by atoms with van der Waals surface area (Å²) in [6.07, 6.45) is 2.20. The summed E-state index contributed by atoms with van der Waals surface area (Å²) in [5.74, 6) is 0.218. The lowest BCUT2D eigenvalue weighted by molar-refractivity contribution is -0.159. The van der Waals surface area contributed by atoms with E-state index in [-0.39, 0.29) is 5.97 Å². The second kappa shape index (κ2) is 6.59. The first kappa shape index (κ1) is 15.3. The number of carbonyl (C=O) groups is 1. The third-order valence-electron chi connectivity index (χ3n) is 4.13. The number of carbonyl (C=O) groups excluding carboxylic acids is 1. The standard InChI is InChI=1S/C16H22ClNO2/c1-16(2,13-4-3-9-18-10-13)15(19)20-11-12-5-7-14(17)8-6-12/h5-8,13,18H,3-4,9-11H2,1-2H3. The zero-order valence-corrected chi connectivity index (χ0v) is 12.9. The van der Waals surface area contributed by atoms with Crippen molar-refractivity contribution in [2.75, 3.05) is 13.1 Å². The van der Waals surface area contributed by atoms with E-state index < -0.39 is 5.41 Å². The first-order valence-electron chi connectivity index (χ1n) is 7.12. The molecule has 0 amide bonds. The molecule has 3 nitrogen and oxygen atoms in total. The van der Waals surface area contributed by atoms with Crippen molar-refractivity contribution in [1.29, 1.82) is 0 Å². The van der Waals surface area contributed by atoms with Crippen LogP contribution in [0.3, 0.4) is 0 Å². The molecule has 110 valence electrons. The van der Waals surface area contributed by atoms with Crippen molar-refractivity contribution < 1.29 is 9.53 Å². The highest BCUT2D eigenvalue weighted by Gasteiger charge is 2.38. The minimum absolute atomic E-state index is 0.124. The van der Waals surface area contributed by atoms with Crippen LogP contribution in [0, 0.1) is 11.3 Å². The number of benzene rings is 1. The summed E-state index contributed by atoms with van der Waals surface area (Å²) in [7, 11) is 0. The molecule has 1 fully saturated rings. The Morgan fingerprint density at radius 3 is 2.70 bits per heavy atom. The molecule has 0 spiro atoms. The Balaban J connectivity index is 1.91. The number of esters is 1. The largest absolute Gasteiger partial charge is 0.460 e. The molecule has 0 saturated carbocycles. The number of hydrogen-bond donors (Lipinski definition) is 1. The highest BCUT2D eigenvalue weighted by Crippen LogP contribution is 2.33. The summed E-state index contributed by atoms with van der Waals surface area (Å²) < 4.78 is 5.48. The highest BCUT2D eigenvalue weighted by atomic mass is 35.5. The van der Waals surface area contributed by atoms with Crippen LogP contribution in [-0.2, 0) is 16.1 Å². The fourth-order valence-electron chi connectivity index (χ4n) is 2.55. The molecule has 1 unspecified atom stereocenters. The van der Waals surface area contributed by atoms with E-state index in [2.05, 4.69) is 5.32 Å². The molecule has 1 aromatic carbocycles. The molecular weight excluding hydrogens is 274 g/mol. The van der Waals surface area contributed by atoms with Gasteiger partial charge in [0, 0.05) is 5.02 Å². The van der Waals surface area contributed by atoms with Crippen LogP contribution in [0.5, 0.6) is 0 Å². The Morgan fingerprint density at radius 2 is 2.10 bits per heavy atom. The zero-order valence-electron chi connectivity index (χ0n) is 12.1. The van der Waals surface area contributed by atoms with Crippen LogP contribution in [0.15, 0.2) is 24.3 Å². The van der Waals surface area contributed by atoms with E-state index in [1.54, 1.807) is 12.1 Å². The Bertz CT molecular complexity index is 450. The molecule has 4 heteroatoms. The molecule has 0 aliphatic carbocycles. The van der Waals surface area contributed by atoms with E-state index in [0.29, 0.717) is 17.5 Å². The topological polar surface area (TPSA) is 38.3 Å². The Labute approximate surface area is 125 Å². The second-order valence-corrected chi connectivity index (χ2v) is 6.40. The number of halogens is 1. The molecule has 1 aliphatic heterocycles. The Kier molecular flexibility index (Phi) is 5.06. The molecule has 0 radical (unpaired) electrons. The summed E-state index contributed by atoms with van der Waals surface area (Å²) in [4.78, 5) is 12.3. The summed E-state index contributed by atoms with van der Waals surface area (Å²) >= 11 is 5.83. The highest BCUT2D eigenvalue weighted by molar-refractivity contribution is 6.30. The first-order valence-corrected chi connectivity index (χ1v) is 7.50. The molecule has 1 saturated heterocycles. The minimum atomic E-state index is -0.445. The van der Waals surface area contributed by atoms with Crippen molar-refractivity contribution in [1.82, 2.24) is 5.32 Å². The van der Waals surface area contributed by atoms with Crippen LogP contribution in [0.2, 0.25) is 5.02 Å². The van der Waals surface area contributed by atoms with Gasteiger partial charge in [-0.25, -0.2) is 0 Å². The van der Waals surface area contributed by atoms with Crippen LogP contribution < -0.4 is 5.32 Å². The smallest absolute Gasteiger partial charge is 0.312 e. The number of hydrogen-bond acceptors (Lipinski definition) is 3. The van der Waals surface area contributed by atoms with Gasteiger partial charge in [0.1, 0.15) is 6.61 Å². The maximum Gasteiger partial charge on any atom is 0.312 e. The molecule has 1 heterocycles. The fraction of sp³-hybridized carbons (Fsp3) is 0.562. The van der Waals surface area contributed by atoms with Gasteiger partial charge in [0.2, 0.25) is 0 Å². The lowest BCUT2D eigenvalue weighted by atomic mass is 9.75. The molecule has 20 heavy (non-hydrogen) atoms. The predicted octanol–water partition coefficient (Wildman–Crippen LogP) is 3.41.